The standard InChI is InChI=1S/C24H25NO2/c1-26-23-15-20-12-13-25-22(14-18-8-4-2-5-9-18)21(20)16-24(23)27-17-19-10-6-3-7-11-19/h2-11,15-16,22,25H,12-14,17H2,1H3/p+1/t22-/m0/s1. The molecule has 4 rings (SSSR count). The molecular weight excluding hydrogens is 334 g/mol. The molecule has 3 aromatic carbocycles. The highest BCUT2D eigenvalue weighted by molar-refractivity contribution is 5.49. The molecule has 1 aliphatic heterocycles. The molecule has 0 saturated heterocycles. The third kappa shape index (κ3) is 4.15. The number of ether oxygens (including phenoxy) is 2. The van der Waals surface area contributed by atoms with Crippen molar-refractivity contribution < 1.29 is 14.8 Å². The number of fused-ring (bicyclic) bond motifs is 1. The van der Waals surface area contributed by atoms with E-state index in [0.717, 1.165) is 36.4 Å². The molecule has 2 N–H and O–H groups in total. The van der Waals surface area contributed by atoms with Crippen LogP contribution in [0.1, 0.15) is 28.3 Å². The Kier molecular flexibility index (Phi) is 5.40. The highest BCUT2D eigenvalue weighted by atomic mass is 16.5. The average molecular weight is 360 g/mol. The van der Waals surface area contributed by atoms with Crippen LogP contribution in [-0.2, 0) is 19.4 Å². The first-order valence-electron chi connectivity index (χ1n) is 9.58. The van der Waals surface area contributed by atoms with Crippen LogP contribution in [0.3, 0.4) is 0 Å². The minimum absolute atomic E-state index is 0.418. The zero-order valence-corrected chi connectivity index (χ0v) is 15.7. The fourth-order valence-electron chi connectivity index (χ4n) is 3.82. The Balaban J connectivity index is 1.60. The predicted octanol–water partition coefficient (Wildman–Crippen LogP) is 3.68. The van der Waals surface area contributed by atoms with Gasteiger partial charge in [-0.3, -0.25) is 0 Å². The Hall–Kier alpha value is -2.78. The normalized spacial score (nSPS) is 15.8. The molecular formula is C24H26NO2+. The number of nitrogens with two attached hydrogens (primary N) is 1. The predicted molar refractivity (Wildman–Crippen MR) is 107 cm³/mol. The molecule has 1 atom stereocenters. The highest BCUT2D eigenvalue weighted by Crippen LogP contribution is 2.35. The molecule has 0 radical (unpaired) electrons. The van der Waals surface area contributed by atoms with Gasteiger partial charge in [-0.2, -0.15) is 0 Å². The van der Waals surface area contributed by atoms with Crippen molar-refractivity contribution >= 4 is 0 Å². The van der Waals surface area contributed by atoms with E-state index in [4.69, 9.17) is 9.47 Å². The summed E-state index contributed by atoms with van der Waals surface area (Å²) < 4.78 is 11.8. The minimum atomic E-state index is 0.418. The first-order valence-corrected chi connectivity index (χ1v) is 9.58. The van der Waals surface area contributed by atoms with Crippen molar-refractivity contribution in [1.82, 2.24) is 0 Å². The Morgan fingerprint density at radius 1 is 0.889 bits per heavy atom. The van der Waals surface area contributed by atoms with Crippen LogP contribution in [0.4, 0.5) is 0 Å². The molecule has 0 spiro atoms. The largest absolute Gasteiger partial charge is 0.493 e. The average Bonchev–Trinajstić information content (AvgIpc) is 2.73. The van der Waals surface area contributed by atoms with Gasteiger partial charge in [0, 0.05) is 18.4 Å². The van der Waals surface area contributed by atoms with Gasteiger partial charge in [-0.1, -0.05) is 60.7 Å². The van der Waals surface area contributed by atoms with E-state index < -0.39 is 0 Å². The first kappa shape index (κ1) is 17.6. The lowest BCUT2D eigenvalue weighted by Crippen LogP contribution is -2.87. The lowest BCUT2D eigenvalue weighted by atomic mass is 9.90. The summed E-state index contributed by atoms with van der Waals surface area (Å²) in [4.78, 5) is 0. The molecule has 0 aromatic heterocycles. The van der Waals surface area contributed by atoms with Crippen LogP contribution < -0.4 is 14.8 Å². The number of benzene rings is 3. The summed E-state index contributed by atoms with van der Waals surface area (Å²) in [6.07, 6.45) is 2.09. The van der Waals surface area contributed by atoms with Gasteiger partial charge >= 0.3 is 0 Å². The van der Waals surface area contributed by atoms with Crippen LogP contribution in [0.2, 0.25) is 0 Å². The number of rotatable bonds is 6. The Labute approximate surface area is 161 Å². The van der Waals surface area contributed by atoms with Crippen LogP contribution in [-0.4, -0.2) is 13.7 Å². The van der Waals surface area contributed by atoms with E-state index in [1.807, 2.05) is 18.2 Å². The van der Waals surface area contributed by atoms with Crippen molar-refractivity contribution in [2.45, 2.75) is 25.5 Å². The van der Waals surface area contributed by atoms with E-state index in [0.29, 0.717) is 12.6 Å². The lowest BCUT2D eigenvalue weighted by molar-refractivity contribution is -0.698. The molecule has 0 amide bonds. The summed E-state index contributed by atoms with van der Waals surface area (Å²) in [6, 6.07) is 25.7. The second-order valence-corrected chi connectivity index (χ2v) is 7.05. The van der Waals surface area contributed by atoms with Crippen molar-refractivity contribution in [2.75, 3.05) is 13.7 Å². The molecule has 1 aliphatic rings. The van der Waals surface area contributed by atoms with Crippen LogP contribution in [0, 0.1) is 0 Å². The van der Waals surface area contributed by atoms with Crippen molar-refractivity contribution in [3.05, 3.63) is 95.1 Å². The Bertz CT molecular complexity index is 878. The number of hydrogen-bond acceptors (Lipinski definition) is 2. The van der Waals surface area contributed by atoms with Crippen LogP contribution >= 0.6 is 0 Å². The molecule has 3 aromatic rings. The summed E-state index contributed by atoms with van der Waals surface area (Å²) >= 11 is 0. The second-order valence-electron chi connectivity index (χ2n) is 7.05. The third-order valence-corrected chi connectivity index (χ3v) is 5.23. The smallest absolute Gasteiger partial charge is 0.162 e. The van der Waals surface area contributed by atoms with Crippen molar-refractivity contribution in [2.24, 2.45) is 0 Å². The van der Waals surface area contributed by atoms with Crippen molar-refractivity contribution in [3.8, 4) is 11.5 Å². The quantitative estimate of drug-likeness (QED) is 0.728. The van der Waals surface area contributed by atoms with Crippen LogP contribution in [0.5, 0.6) is 11.5 Å². The molecule has 0 unspecified atom stereocenters. The topological polar surface area (TPSA) is 35.1 Å². The van der Waals surface area contributed by atoms with Gasteiger partial charge in [0.25, 0.3) is 0 Å². The highest BCUT2D eigenvalue weighted by Gasteiger charge is 2.26. The fraction of sp³-hybridized carbons (Fsp3) is 0.250. The summed E-state index contributed by atoms with van der Waals surface area (Å²) in [5.41, 5.74) is 5.27. The van der Waals surface area contributed by atoms with Crippen molar-refractivity contribution in [1.29, 1.82) is 0 Å². The molecule has 0 bridgehead atoms. The molecule has 0 saturated carbocycles. The molecule has 3 nitrogen and oxygen atoms in total. The third-order valence-electron chi connectivity index (χ3n) is 5.23. The molecule has 0 aliphatic carbocycles. The van der Waals surface area contributed by atoms with E-state index in [1.165, 1.54) is 16.7 Å². The van der Waals surface area contributed by atoms with Crippen LogP contribution in [0.15, 0.2) is 72.8 Å². The van der Waals surface area contributed by atoms with E-state index in [-0.39, 0.29) is 0 Å². The maximum absolute atomic E-state index is 6.14. The summed E-state index contributed by atoms with van der Waals surface area (Å²) in [6.45, 7) is 1.65. The Morgan fingerprint density at radius 2 is 1.59 bits per heavy atom. The molecule has 0 fully saturated rings. The molecule has 138 valence electrons. The molecule has 1 heterocycles. The van der Waals surface area contributed by atoms with Gasteiger partial charge in [-0.25, -0.2) is 0 Å². The zero-order valence-electron chi connectivity index (χ0n) is 15.7. The van der Waals surface area contributed by atoms with Gasteiger partial charge in [0.15, 0.2) is 11.5 Å². The van der Waals surface area contributed by atoms with Crippen LogP contribution in [0.25, 0.3) is 0 Å². The second kappa shape index (κ2) is 8.28. The monoisotopic (exact) mass is 360 g/mol. The van der Waals surface area contributed by atoms with Gasteiger partial charge < -0.3 is 14.8 Å². The molecule has 3 heteroatoms. The first-order chi connectivity index (χ1) is 13.3. The van der Waals surface area contributed by atoms with Gasteiger partial charge in [0.2, 0.25) is 0 Å². The van der Waals surface area contributed by atoms with E-state index in [9.17, 15) is 0 Å². The fourth-order valence-corrected chi connectivity index (χ4v) is 3.82. The van der Waals surface area contributed by atoms with Gasteiger partial charge in [0.05, 0.1) is 13.7 Å². The zero-order chi connectivity index (χ0) is 18.5. The summed E-state index contributed by atoms with van der Waals surface area (Å²) in [5.74, 6) is 1.65. The summed E-state index contributed by atoms with van der Waals surface area (Å²) in [5, 5.41) is 2.45. The number of quaternary nitrogens is 1. The van der Waals surface area contributed by atoms with E-state index >= 15 is 0 Å². The molecule has 27 heavy (non-hydrogen) atoms. The maximum atomic E-state index is 6.14. The minimum Gasteiger partial charge on any atom is -0.493 e. The summed E-state index contributed by atoms with van der Waals surface area (Å²) in [7, 11) is 1.72. The number of hydrogen-bond donors (Lipinski definition) is 1. The van der Waals surface area contributed by atoms with E-state index in [2.05, 4.69) is 59.9 Å². The van der Waals surface area contributed by atoms with Gasteiger partial charge in [-0.15, -0.1) is 0 Å². The van der Waals surface area contributed by atoms with Gasteiger partial charge in [0.1, 0.15) is 12.6 Å². The maximum Gasteiger partial charge on any atom is 0.162 e. The lowest BCUT2D eigenvalue weighted by Gasteiger charge is -2.25. The van der Waals surface area contributed by atoms with E-state index in [1.54, 1.807) is 7.11 Å². The number of methoxy groups -OCH3 is 1. The van der Waals surface area contributed by atoms with Crippen molar-refractivity contribution in [3.63, 3.8) is 0 Å². The Morgan fingerprint density at radius 3 is 2.30 bits per heavy atom. The SMILES string of the molecule is COc1cc2c(cc1OCc1ccccc1)[C@H](Cc1ccccc1)[NH2+]CC2. The van der Waals surface area contributed by atoms with Gasteiger partial charge in [-0.05, 0) is 28.8 Å².